The lowest BCUT2D eigenvalue weighted by molar-refractivity contribution is -0.137. The maximum Gasteiger partial charge on any atom is 0.416 e. The number of hydrogen-bond acceptors (Lipinski definition) is 2. The molecule has 3 rings (SSSR count). The van der Waals surface area contributed by atoms with Gasteiger partial charge in [0.15, 0.2) is 5.76 Å². The van der Waals surface area contributed by atoms with Crippen molar-refractivity contribution in [1.29, 1.82) is 0 Å². The molecular formula is C20H15F4NO2. The van der Waals surface area contributed by atoms with Crippen molar-refractivity contribution in [1.82, 2.24) is 5.32 Å². The highest BCUT2D eigenvalue weighted by Gasteiger charge is 2.30. The molecule has 0 saturated heterocycles. The van der Waals surface area contributed by atoms with Crippen molar-refractivity contribution in [3.63, 3.8) is 0 Å². The van der Waals surface area contributed by atoms with Crippen LogP contribution in [0.3, 0.4) is 0 Å². The largest absolute Gasteiger partial charge is 0.451 e. The van der Waals surface area contributed by atoms with Crippen molar-refractivity contribution in [2.24, 2.45) is 0 Å². The monoisotopic (exact) mass is 377 g/mol. The Morgan fingerprint density at radius 2 is 1.85 bits per heavy atom. The Kier molecular flexibility index (Phi) is 5.03. The number of amides is 1. The molecule has 0 radical (unpaired) electrons. The Hall–Kier alpha value is -3.09. The highest BCUT2D eigenvalue weighted by Crippen LogP contribution is 2.32. The van der Waals surface area contributed by atoms with E-state index in [1.54, 1.807) is 19.1 Å². The van der Waals surface area contributed by atoms with Crippen molar-refractivity contribution < 1.29 is 26.8 Å². The summed E-state index contributed by atoms with van der Waals surface area (Å²) in [4.78, 5) is 12.2. The quantitative estimate of drug-likeness (QED) is 0.624. The number of halogens is 4. The topological polar surface area (TPSA) is 42.2 Å². The summed E-state index contributed by atoms with van der Waals surface area (Å²) in [5.74, 6) is -0.816. The summed E-state index contributed by atoms with van der Waals surface area (Å²) in [5.41, 5.74) is 0.492. The third-order valence-corrected chi connectivity index (χ3v) is 3.99. The molecule has 0 spiro atoms. The molecule has 1 N–H and O–H groups in total. The highest BCUT2D eigenvalue weighted by molar-refractivity contribution is 5.92. The van der Waals surface area contributed by atoms with Crippen LogP contribution in [0.1, 0.15) is 27.2 Å². The smallest absolute Gasteiger partial charge is 0.416 e. The van der Waals surface area contributed by atoms with Gasteiger partial charge in [0, 0.05) is 12.1 Å². The second-order valence-corrected chi connectivity index (χ2v) is 6.01. The van der Waals surface area contributed by atoms with Gasteiger partial charge in [0.2, 0.25) is 0 Å². The number of carbonyl (C=O) groups is 1. The van der Waals surface area contributed by atoms with Crippen LogP contribution in [-0.2, 0) is 12.7 Å². The van der Waals surface area contributed by atoms with Crippen LogP contribution in [0.5, 0.6) is 0 Å². The molecular weight excluding hydrogens is 362 g/mol. The Morgan fingerprint density at radius 1 is 1.07 bits per heavy atom. The van der Waals surface area contributed by atoms with Crippen molar-refractivity contribution in [3.05, 3.63) is 82.9 Å². The van der Waals surface area contributed by atoms with Crippen molar-refractivity contribution in [2.75, 3.05) is 0 Å². The lowest BCUT2D eigenvalue weighted by Gasteiger charge is -2.07. The SMILES string of the molecule is Cc1ccc(CNC(=O)c2ccc(-c3cccc(C(F)(F)F)c3)o2)cc1F. The van der Waals surface area contributed by atoms with E-state index in [4.69, 9.17) is 4.42 Å². The van der Waals surface area contributed by atoms with E-state index in [9.17, 15) is 22.4 Å². The van der Waals surface area contributed by atoms with Crippen LogP contribution in [-0.4, -0.2) is 5.91 Å². The molecule has 0 bridgehead atoms. The number of benzene rings is 2. The van der Waals surface area contributed by atoms with Crippen LogP contribution in [0, 0.1) is 12.7 Å². The van der Waals surface area contributed by atoms with Gasteiger partial charge < -0.3 is 9.73 Å². The summed E-state index contributed by atoms with van der Waals surface area (Å²) < 4.78 is 57.3. The zero-order chi connectivity index (χ0) is 19.6. The van der Waals surface area contributed by atoms with Gasteiger partial charge in [-0.25, -0.2) is 4.39 Å². The van der Waals surface area contributed by atoms with Gasteiger partial charge in [-0.1, -0.05) is 24.3 Å². The van der Waals surface area contributed by atoms with Gasteiger partial charge in [-0.2, -0.15) is 13.2 Å². The molecule has 0 aliphatic heterocycles. The van der Waals surface area contributed by atoms with Crippen LogP contribution < -0.4 is 5.32 Å². The molecule has 3 aromatic rings. The molecule has 2 aromatic carbocycles. The average Bonchev–Trinajstić information content (AvgIpc) is 3.12. The van der Waals surface area contributed by atoms with E-state index in [1.165, 1.54) is 30.3 Å². The zero-order valence-corrected chi connectivity index (χ0v) is 14.2. The van der Waals surface area contributed by atoms with Crippen LogP contribution in [0.25, 0.3) is 11.3 Å². The Morgan fingerprint density at radius 3 is 2.56 bits per heavy atom. The number of alkyl halides is 3. The number of furan rings is 1. The van der Waals surface area contributed by atoms with Crippen LogP contribution >= 0.6 is 0 Å². The third-order valence-electron chi connectivity index (χ3n) is 3.99. The fourth-order valence-electron chi connectivity index (χ4n) is 2.48. The lowest BCUT2D eigenvalue weighted by Crippen LogP contribution is -2.22. The fraction of sp³-hybridized carbons (Fsp3) is 0.150. The first kappa shape index (κ1) is 18.7. The van der Waals surface area contributed by atoms with E-state index in [2.05, 4.69) is 5.32 Å². The van der Waals surface area contributed by atoms with Crippen LogP contribution in [0.15, 0.2) is 59.0 Å². The molecule has 0 saturated carbocycles. The predicted octanol–water partition coefficient (Wildman–Crippen LogP) is 5.34. The average molecular weight is 377 g/mol. The summed E-state index contributed by atoms with van der Waals surface area (Å²) in [6.07, 6.45) is -4.47. The summed E-state index contributed by atoms with van der Waals surface area (Å²) in [6, 6.07) is 12.1. The molecule has 7 heteroatoms. The van der Waals surface area contributed by atoms with Gasteiger partial charge in [0.05, 0.1) is 5.56 Å². The maximum atomic E-state index is 13.5. The Bertz CT molecular complexity index is 976. The van der Waals surface area contributed by atoms with E-state index >= 15 is 0 Å². The molecule has 1 aromatic heterocycles. The zero-order valence-electron chi connectivity index (χ0n) is 14.2. The summed E-state index contributed by atoms with van der Waals surface area (Å²) in [5, 5.41) is 2.58. The first-order chi connectivity index (χ1) is 12.7. The Balaban J connectivity index is 1.71. The summed E-state index contributed by atoms with van der Waals surface area (Å²) in [6.45, 7) is 1.73. The van der Waals surface area contributed by atoms with E-state index in [0.29, 0.717) is 11.1 Å². The van der Waals surface area contributed by atoms with E-state index < -0.39 is 17.6 Å². The second kappa shape index (κ2) is 7.26. The lowest BCUT2D eigenvalue weighted by atomic mass is 10.1. The van der Waals surface area contributed by atoms with E-state index in [0.717, 1.165) is 12.1 Å². The van der Waals surface area contributed by atoms with Gasteiger partial charge in [-0.05, 0) is 48.4 Å². The normalized spacial score (nSPS) is 11.4. The summed E-state index contributed by atoms with van der Waals surface area (Å²) in [7, 11) is 0. The third kappa shape index (κ3) is 4.36. The molecule has 0 fully saturated rings. The Labute approximate surface area is 152 Å². The fourth-order valence-corrected chi connectivity index (χ4v) is 2.48. The first-order valence-corrected chi connectivity index (χ1v) is 8.05. The molecule has 0 atom stereocenters. The minimum atomic E-state index is -4.47. The van der Waals surface area contributed by atoms with Crippen molar-refractivity contribution >= 4 is 5.91 Å². The molecule has 0 aliphatic carbocycles. The van der Waals surface area contributed by atoms with Gasteiger partial charge in [-0.15, -0.1) is 0 Å². The minimum Gasteiger partial charge on any atom is -0.451 e. The van der Waals surface area contributed by atoms with Crippen molar-refractivity contribution in [3.8, 4) is 11.3 Å². The van der Waals surface area contributed by atoms with E-state index in [1.807, 2.05) is 0 Å². The highest BCUT2D eigenvalue weighted by atomic mass is 19.4. The maximum absolute atomic E-state index is 13.5. The van der Waals surface area contributed by atoms with Crippen molar-refractivity contribution in [2.45, 2.75) is 19.6 Å². The molecule has 140 valence electrons. The standard InChI is InChI=1S/C20H15F4NO2/c1-12-5-6-13(9-16(12)21)11-25-19(26)18-8-7-17(27-18)14-3-2-4-15(10-14)20(22,23)24/h2-10H,11H2,1H3,(H,25,26). The van der Waals surface area contributed by atoms with Gasteiger partial charge >= 0.3 is 6.18 Å². The van der Waals surface area contributed by atoms with Gasteiger partial charge in [0.1, 0.15) is 11.6 Å². The number of carbonyl (C=O) groups excluding carboxylic acids is 1. The summed E-state index contributed by atoms with van der Waals surface area (Å²) >= 11 is 0. The first-order valence-electron chi connectivity index (χ1n) is 8.05. The molecule has 0 unspecified atom stereocenters. The van der Waals surface area contributed by atoms with E-state index in [-0.39, 0.29) is 29.4 Å². The van der Waals surface area contributed by atoms with Gasteiger partial charge in [-0.3, -0.25) is 4.79 Å². The number of rotatable bonds is 4. The predicted molar refractivity (Wildman–Crippen MR) is 91.5 cm³/mol. The number of nitrogens with one attached hydrogen (secondary N) is 1. The second-order valence-electron chi connectivity index (χ2n) is 6.01. The number of aryl methyl sites for hydroxylation is 1. The van der Waals surface area contributed by atoms with Crippen LogP contribution in [0.2, 0.25) is 0 Å². The molecule has 3 nitrogen and oxygen atoms in total. The number of hydrogen-bond donors (Lipinski definition) is 1. The van der Waals surface area contributed by atoms with Crippen LogP contribution in [0.4, 0.5) is 17.6 Å². The minimum absolute atomic E-state index is 0.0463. The molecule has 1 heterocycles. The molecule has 1 amide bonds. The van der Waals surface area contributed by atoms with Gasteiger partial charge in [0.25, 0.3) is 5.91 Å². The molecule has 0 aliphatic rings. The molecule has 27 heavy (non-hydrogen) atoms.